The Kier molecular flexibility index (Phi) is 9.80. The van der Waals surface area contributed by atoms with Gasteiger partial charge in [-0.1, -0.05) is 60.2 Å². The number of primary amides is 1. The van der Waals surface area contributed by atoms with Crippen molar-refractivity contribution in [2.24, 2.45) is 5.73 Å². The summed E-state index contributed by atoms with van der Waals surface area (Å²) in [6.45, 7) is 8.91. The van der Waals surface area contributed by atoms with Crippen LogP contribution in [0.1, 0.15) is 53.4 Å². The number of rotatable bonds is 7. The van der Waals surface area contributed by atoms with Crippen LogP contribution in [0, 0.1) is 6.92 Å². The number of nitrogens with one attached hydrogen (secondary N) is 1. The van der Waals surface area contributed by atoms with Gasteiger partial charge < -0.3 is 20.4 Å². The Morgan fingerprint density at radius 2 is 1.54 bits per heavy atom. The van der Waals surface area contributed by atoms with Crippen LogP contribution in [0.2, 0.25) is 0 Å². The first-order chi connectivity index (χ1) is 18.5. The summed E-state index contributed by atoms with van der Waals surface area (Å²) in [6.07, 6.45) is 4.39. The number of amides is 2. The number of nitrogens with zero attached hydrogens (tertiary/aromatic N) is 3. The maximum atomic E-state index is 12.4. The van der Waals surface area contributed by atoms with Gasteiger partial charge >= 0.3 is 6.09 Å². The van der Waals surface area contributed by atoms with Crippen molar-refractivity contribution in [2.45, 2.75) is 52.9 Å². The summed E-state index contributed by atoms with van der Waals surface area (Å²) in [5.41, 5.74) is 9.15. The first-order valence-corrected chi connectivity index (χ1v) is 12.6. The van der Waals surface area contributed by atoms with E-state index in [4.69, 9.17) is 5.73 Å². The second kappa shape index (κ2) is 13.2. The Morgan fingerprint density at radius 1 is 0.923 bits per heavy atom. The molecule has 4 aromatic rings. The quantitative estimate of drug-likeness (QED) is 0.371. The largest absolute Gasteiger partial charge is 0.444 e. The van der Waals surface area contributed by atoms with Crippen LogP contribution in [0.15, 0.2) is 90.1 Å². The van der Waals surface area contributed by atoms with Crippen molar-refractivity contribution < 1.29 is 14.3 Å². The molecule has 39 heavy (non-hydrogen) atoms. The third-order valence-electron chi connectivity index (χ3n) is 5.50. The van der Waals surface area contributed by atoms with E-state index in [1.54, 1.807) is 60.7 Å². The summed E-state index contributed by atoms with van der Waals surface area (Å²) in [5.74, 6) is -0.143. The number of pyridine rings is 1. The molecule has 2 aromatic heterocycles. The van der Waals surface area contributed by atoms with E-state index in [0.717, 1.165) is 16.7 Å². The molecule has 0 bridgehead atoms. The molecule has 0 unspecified atom stereocenters. The molecule has 0 radical (unpaired) electrons. The van der Waals surface area contributed by atoms with Crippen molar-refractivity contribution in [1.82, 2.24) is 19.7 Å². The lowest BCUT2D eigenvalue weighted by atomic mass is 10.1. The van der Waals surface area contributed by atoms with Gasteiger partial charge in [0.1, 0.15) is 5.60 Å². The number of benzene rings is 2. The summed E-state index contributed by atoms with van der Waals surface area (Å²) < 4.78 is 7.99. The van der Waals surface area contributed by atoms with Gasteiger partial charge in [0.05, 0.1) is 24.8 Å². The van der Waals surface area contributed by atoms with Gasteiger partial charge in [-0.25, -0.2) is 4.79 Å². The van der Waals surface area contributed by atoms with E-state index >= 15 is 0 Å². The van der Waals surface area contributed by atoms with Gasteiger partial charge in [-0.2, -0.15) is 5.10 Å². The Bertz CT molecular complexity index is 1430. The number of ether oxygens (including phenoxy) is 1. The molecule has 9 heteroatoms. The van der Waals surface area contributed by atoms with Crippen molar-refractivity contribution in [1.29, 1.82) is 0 Å². The van der Waals surface area contributed by atoms with E-state index in [1.807, 2.05) is 61.5 Å². The fourth-order valence-electron chi connectivity index (χ4n) is 3.58. The zero-order valence-electron chi connectivity index (χ0n) is 22.8. The number of hydrogen-bond donors (Lipinski definition) is 2. The van der Waals surface area contributed by atoms with E-state index < -0.39 is 11.7 Å². The molecule has 0 aliphatic rings. The molecule has 0 saturated heterocycles. The lowest BCUT2D eigenvalue weighted by Gasteiger charge is -2.16. The molecule has 0 saturated carbocycles. The second-order valence-corrected chi connectivity index (χ2v) is 10.1. The van der Waals surface area contributed by atoms with Gasteiger partial charge in [-0.3, -0.25) is 14.3 Å². The monoisotopic (exact) mass is 529 g/mol. The van der Waals surface area contributed by atoms with E-state index in [0.29, 0.717) is 25.2 Å². The van der Waals surface area contributed by atoms with Gasteiger partial charge in [-0.05, 0) is 50.5 Å². The van der Waals surface area contributed by atoms with Gasteiger partial charge in [-0.15, -0.1) is 0 Å². The molecular formula is C30H35N5O4. The van der Waals surface area contributed by atoms with Gasteiger partial charge in [0.15, 0.2) is 0 Å². The van der Waals surface area contributed by atoms with E-state index in [9.17, 15) is 14.4 Å². The first-order valence-electron chi connectivity index (χ1n) is 12.6. The Morgan fingerprint density at radius 3 is 2.10 bits per heavy atom. The Labute approximate surface area is 228 Å². The van der Waals surface area contributed by atoms with E-state index in [-0.39, 0.29) is 11.5 Å². The zero-order chi connectivity index (χ0) is 28.4. The molecule has 204 valence electrons. The van der Waals surface area contributed by atoms with Crippen molar-refractivity contribution >= 4 is 12.0 Å². The van der Waals surface area contributed by atoms with Crippen LogP contribution in [0.3, 0.4) is 0 Å². The number of nitrogens with two attached hydrogens (primary N) is 1. The topological polar surface area (TPSA) is 121 Å². The number of carbonyl (C=O) groups is 2. The van der Waals surface area contributed by atoms with Crippen LogP contribution in [-0.2, 0) is 24.4 Å². The molecule has 2 aromatic carbocycles. The molecule has 0 fully saturated rings. The van der Waals surface area contributed by atoms with Crippen LogP contribution >= 0.6 is 0 Å². The summed E-state index contributed by atoms with van der Waals surface area (Å²) >= 11 is 0. The lowest BCUT2D eigenvalue weighted by molar-refractivity contribution is 0.0599. The number of aryl methyl sites for hydroxylation is 1. The minimum absolute atomic E-state index is 0.0173. The summed E-state index contributed by atoms with van der Waals surface area (Å²) in [6, 6.07) is 21.3. The van der Waals surface area contributed by atoms with Crippen LogP contribution < -0.4 is 16.6 Å². The van der Waals surface area contributed by atoms with Crippen molar-refractivity contribution in [3.8, 4) is 0 Å². The Balaban J connectivity index is 0.000000459. The maximum absolute atomic E-state index is 12.4. The lowest BCUT2D eigenvalue weighted by Crippen LogP contribution is -2.27. The highest BCUT2D eigenvalue weighted by Crippen LogP contribution is 2.09. The average molecular weight is 530 g/mol. The fraction of sp³-hybridized carbons (Fsp3) is 0.267. The minimum Gasteiger partial charge on any atom is -0.444 e. The highest BCUT2D eigenvalue weighted by atomic mass is 16.6. The zero-order valence-corrected chi connectivity index (χ0v) is 22.8. The number of aromatic nitrogens is 3. The summed E-state index contributed by atoms with van der Waals surface area (Å²) in [4.78, 5) is 34.3. The third kappa shape index (κ3) is 9.96. The molecule has 9 nitrogen and oxygen atoms in total. The highest BCUT2D eigenvalue weighted by molar-refractivity contribution is 5.93. The average Bonchev–Trinajstić information content (AvgIpc) is 3.33. The summed E-state index contributed by atoms with van der Waals surface area (Å²) in [7, 11) is 0. The van der Waals surface area contributed by atoms with E-state index in [1.165, 1.54) is 5.56 Å². The van der Waals surface area contributed by atoms with Crippen LogP contribution in [-0.4, -0.2) is 31.9 Å². The molecule has 0 atom stereocenters. The molecule has 2 amide bonds. The highest BCUT2D eigenvalue weighted by Gasteiger charge is 2.12. The molecule has 0 aliphatic heterocycles. The SMILES string of the molecule is CC(C)(C)OC(N)=O.Cc1ccc(CNC(=O)c2cnn(Cc3ccc(Cn4ccccc4=O)cc3)c2)cc1. The first kappa shape index (κ1) is 28.9. The predicted molar refractivity (Wildman–Crippen MR) is 150 cm³/mol. The molecule has 0 spiro atoms. The fourth-order valence-corrected chi connectivity index (χ4v) is 3.58. The van der Waals surface area contributed by atoms with Gasteiger partial charge in [0, 0.05) is 25.0 Å². The maximum Gasteiger partial charge on any atom is 0.405 e. The van der Waals surface area contributed by atoms with Gasteiger partial charge in [0.25, 0.3) is 11.5 Å². The van der Waals surface area contributed by atoms with Crippen molar-refractivity contribution in [2.75, 3.05) is 0 Å². The van der Waals surface area contributed by atoms with Crippen LogP contribution in [0.25, 0.3) is 0 Å². The second-order valence-electron chi connectivity index (χ2n) is 10.1. The van der Waals surface area contributed by atoms with Crippen LogP contribution in [0.4, 0.5) is 4.79 Å². The third-order valence-corrected chi connectivity index (χ3v) is 5.50. The number of carbonyl (C=O) groups excluding carboxylic acids is 2. The Hall–Kier alpha value is -4.66. The van der Waals surface area contributed by atoms with Gasteiger partial charge in [0.2, 0.25) is 0 Å². The normalized spacial score (nSPS) is 10.8. The molecule has 3 N–H and O–H groups in total. The minimum atomic E-state index is -0.725. The molecule has 4 rings (SSSR count). The standard InChI is InChI=1S/C25H24N4O2.C5H11NO2/c1-19-5-7-20(8-6-19)14-26-25(31)23-15-27-29(18-23)17-22-11-9-21(10-12-22)16-28-13-3-2-4-24(28)30;1-5(2,3)8-4(6)7/h2-13,15,18H,14,16-17H2,1H3,(H,26,31);1-3H3,(H2,6,7). The molecule has 2 heterocycles. The smallest absolute Gasteiger partial charge is 0.405 e. The van der Waals surface area contributed by atoms with Crippen molar-refractivity contribution in [3.63, 3.8) is 0 Å². The van der Waals surface area contributed by atoms with Crippen molar-refractivity contribution in [3.05, 3.63) is 123 Å². The summed E-state index contributed by atoms with van der Waals surface area (Å²) in [5, 5.41) is 7.24. The van der Waals surface area contributed by atoms with Crippen LogP contribution in [0.5, 0.6) is 0 Å². The molecule has 0 aliphatic carbocycles. The van der Waals surface area contributed by atoms with E-state index in [2.05, 4.69) is 15.2 Å². The molecular weight excluding hydrogens is 494 g/mol. The predicted octanol–water partition coefficient (Wildman–Crippen LogP) is 4.26. The number of hydrogen-bond acceptors (Lipinski definition) is 5.